The Balaban J connectivity index is 2.02. The van der Waals surface area contributed by atoms with E-state index in [1.54, 1.807) is 12.3 Å². The third-order valence-corrected chi connectivity index (χ3v) is 3.85. The minimum absolute atomic E-state index is 0.167. The Hall–Kier alpha value is -1.66. The fourth-order valence-electron chi connectivity index (χ4n) is 1.79. The van der Waals surface area contributed by atoms with Gasteiger partial charge in [-0.2, -0.15) is 0 Å². The summed E-state index contributed by atoms with van der Waals surface area (Å²) in [6.45, 7) is 7.81. The van der Waals surface area contributed by atoms with Crippen molar-refractivity contribution in [2.24, 2.45) is 0 Å². The average molecular weight is 295 g/mol. The molecule has 0 unspecified atom stereocenters. The largest absolute Gasteiger partial charge is 0.466 e. The summed E-state index contributed by atoms with van der Waals surface area (Å²) in [6, 6.07) is 3.48. The molecule has 116 valence electrons. The molecule has 0 bridgehead atoms. The third kappa shape index (κ3) is 3.33. The number of ether oxygens (including phenoxy) is 4. The highest BCUT2D eigenvalue weighted by atomic mass is 16.7. The quantitative estimate of drug-likeness (QED) is 0.794. The van der Waals surface area contributed by atoms with Gasteiger partial charge in [0.2, 0.25) is 5.88 Å². The van der Waals surface area contributed by atoms with Gasteiger partial charge in [-0.15, -0.1) is 0 Å². The third-order valence-electron chi connectivity index (χ3n) is 3.85. The fourth-order valence-corrected chi connectivity index (χ4v) is 1.79. The maximum atomic E-state index is 11.0. The van der Waals surface area contributed by atoms with E-state index in [-0.39, 0.29) is 6.61 Å². The molecule has 0 radical (unpaired) electrons. The lowest BCUT2D eigenvalue weighted by molar-refractivity contribution is -0.143. The van der Waals surface area contributed by atoms with Gasteiger partial charge in [-0.1, -0.05) is 0 Å². The van der Waals surface area contributed by atoms with Crippen LogP contribution in [0.4, 0.5) is 0 Å². The van der Waals surface area contributed by atoms with Crippen molar-refractivity contribution < 1.29 is 23.7 Å². The van der Waals surface area contributed by atoms with Crippen molar-refractivity contribution in [2.45, 2.75) is 45.2 Å². The number of hydrogen-bond donors (Lipinski definition) is 0. The number of aromatic nitrogens is 1. The van der Waals surface area contributed by atoms with Crippen LogP contribution in [-0.2, 0) is 19.0 Å². The maximum Gasteiger partial charge on any atom is 0.343 e. The number of rotatable bonds is 4. The van der Waals surface area contributed by atoms with Gasteiger partial charge in [0.05, 0.1) is 18.3 Å². The van der Waals surface area contributed by atoms with Crippen LogP contribution in [0.15, 0.2) is 18.3 Å². The maximum absolute atomic E-state index is 11.0. The van der Waals surface area contributed by atoms with Crippen molar-refractivity contribution in [3.05, 3.63) is 23.9 Å². The Labute approximate surface area is 124 Å². The van der Waals surface area contributed by atoms with Crippen molar-refractivity contribution in [2.75, 3.05) is 13.7 Å². The number of carbonyl (C=O) groups is 1. The zero-order valence-corrected chi connectivity index (χ0v) is 13.0. The van der Waals surface area contributed by atoms with Crippen molar-refractivity contribution in [1.82, 2.24) is 4.98 Å². The van der Waals surface area contributed by atoms with E-state index >= 15 is 0 Å². The number of hydrogen-bond acceptors (Lipinski definition) is 6. The Morgan fingerprint density at radius 2 is 1.86 bits per heavy atom. The van der Waals surface area contributed by atoms with E-state index < -0.39 is 23.5 Å². The molecule has 6 nitrogen and oxygen atoms in total. The van der Waals surface area contributed by atoms with Gasteiger partial charge in [0.1, 0.15) is 0 Å². The summed E-state index contributed by atoms with van der Waals surface area (Å²) in [7, 11) is 1.31. The number of esters is 1. The van der Waals surface area contributed by atoms with Crippen molar-refractivity contribution in [1.29, 1.82) is 0 Å². The summed E-state index contributed by atoms with van der Waals surface area (Å²) in [5, 5.41) is 0. The molecule has 0 atom stereocenters. The van der Waals surface area contributed by atoms with Gasteiger partial charge in [0.15, 0.2) is 12.9 Å². The minimum Gasteiger partial charge on any atom is -0.466 e. The van der Waals surface area contributed by atoms with Gasteiger partial charge in [-0.25, -0.2) is 9.78 Å². The summed E-state index contributed by atoms with van der Waals surface area (Å²) >= 11 is 0. The lowest BCUT2D eigenvalue weighted by atomic mass is 9.90. The molecular formula is C15H21NO5. The number of methoxy groups -OCH3 is 1. The molecule has 1 aromatic rings. The number of pyridine rings is 1. The lowest BCUT2D eigenvalue weighted by Gasteiger charge is -2.30. The molecule has 6 heteroatoms. The first kappa shape index (κ1) is 15.7. The van der Waals surface area contributed by atoms with Gasteiger partial charge < -0.3 is 18.9 Å². The van der Waals surface area contributed by atoms with Gasteiger partial charge in [-0.05, 0) is 33.8 Å². The summed E-state index contributed by atoms with van der Waals surface area (Å²) < 4.78 is 21.5. The Morgan fingerprint density at radius 3 is 2.33 bits per heavy atom. The molecule has 0 aliphatic carbocycles. The van der Waals surface area contributed by atoms with Crippen LogP contribution in [0.2, 0.25) is 0 Å². The van der Waals surface area contributed by atoms with Crippen molar-refractivity contribution >= 4 is 5.97 Å². The van der Waals surface area contributed by atoms with Gasteiger partial charge in [-0.3, -0.25) is 0 Å². The van der Waals surface area contributed by atoms with E-state index in [4.69, 9.17) is 14.2 Å². The van der Waals surface area contributed by atoms with Crippen LogP contribution in [0, 0.1) is 0 Å². The number of carbonyl (C=O) groups excluding carboxylic acids is 1. The molecule has 1 aliphatic heterocycles. The van der Waals surface area contributed by atoms with Crippen LogP contribution in [0.5, 0.6) is 5.88 Å². The highest BCUT2D eigenvalue weighted by molar-refractivity contribution is 5.70. The molecule has 0 N–H and O–H groups in total. The van der Waals surface area contributed by atoms with Crippen molar-refractivity contribution in [3.63, 3.8) is 0 Å². The van der Waals surface area contributed by atoms with E-state index in [0.29, 0.717) is 5.88 Å². The predicted molar refractivity (Wildman–Crippen MR) is 74.8 cm³/mol. The fraction of sp³-hybridized carbons (Fsp3) is 0.600. The van der Waals surface area contributed by atoms with E-state index in [9.17, 15) is 4.79 Å². The SMILES string of the molecule is COC(=O)COc1ccc(C2OC(C)(C)C(C)(C)O2)cn1. The summed E-state index contributed by atoms with van der Waals surface area (Å²) in [5.74, 6) is -0.104. The first-order chi connectivity index (χ1) is 9.75. The monoisotopic (exact) mass is 295 g/mol. The molecule has 0 spiro atoms. The lowest BCUT2D eigenvalue weighted by Crippen LogP contribution is -2.41. The molecule has 1 aromatic heterocycles. The summed E-state index contributed by atoms with van der Waals surface area (Å²) in [6.07, 6.45) is 1.16. The molecule has 1 saturated heterocycles. The van der Waals surface area contributed by atoms with Crippen LogP contribution < -0.4 is 4.74 Å². The molecule has 1 fully saturated rings. The van der Waals surface area contributed by atoms with E-state index in [2.05, 4.69) is 9.72 Å². The first-order valence-corrected chi connectivity index (χ1v) is 6.76. The van der Waals surface area contributed by atoms with Crippen LogP contribution >= 0.6 is 0 Å². The molecule has 1 aliphatic rings. The molecule has 2 heterocycles. The normalized spacial score (nSPS) is 20.2. The van der Waals surface area contributed by atoms with Crippen LogP contribution in [0.3, 0.4) is 0 Å². The highest BCUT2D eigenvalue weighted by Crippen LogP contribution is 2.44. The summed E-state index contributed by atoms with van der Waals surface area (Å²) in [5.41, 5.74) is 0.0224. The van der Waals surface area contributed by atoms with Gasteiger partial charge >= 0.3 is 5.97 Å². The second-order valence-electron chi connectivity index (χ2n) is 5.88. The topological polar surface area (TPSA) is 66.9 Å². The van der Waals surface area contributed by atoms with E-state index in [1.165, 1.54) is 7.11 Å². The average Bonchev–Trinajstić information content (AvgIpc) is 2.65. The minimum atomic E-state index is -0.461. The van der Waals surface area contributed by atoms with E-state index in [0.717, 1.165) is 5.56 Å². The molecule has 0 aromatic carbocycles. The zero-order chi connectivity index (χ0) is 15.7. The van der Waals surface area contributed by atoms with Crippen LogP contribution in [-0.4, -0.2) is 35.9 Å². The summed E-state index contributed by atoms with van der Waals surface area (Å²) in [4.78, 5) is 15.1. The van der Waals surface area contributed by atoms with Crippen LogP contribution in [0.1, 0.15) is 39.5 Å². The molecule has 0 amide bonds. The zero-order valence-electron chi connectivity index (χ0n) is 13.0. The predicted octanol–water partition coefficient (Wildman–Crippen LogP) is 2.24. The van der Waals surface area contributed by atoms with E-state index in [1.807, 2.05) is 33.8 Å². The molecule has 2 rings (SSSR count). The highest BCUT2D eigenvalue weighted by Gasteiger charge is 2.49. The Kier molecular flexibility index (Phi) is 4.20. The van der Waals surface area contributed by atoms with Gasteiger partial charge in [0.25, 0.3) is 0 Å². The first-order valence-electron chi connectivity index (χ1n) is 6.76. The molecule has 0 saturated carbocycles. The van der Waals surface area contributed by atoms with Crippen LogP contribution in [0.25, 0.3) is 0 Å². The second kappa shape index (κ2) is 5.61. The Morgan fingerprint density at radius 1 is 1.24 bits per heavy atom. The molecule has 21 heavy (non-hydrogen) atoms. The second-order valence-corrected chi connectivity index (χ2v) is 5.88. The molecular weight excluding hydrogens is 274 g/mol. The van der Waals surface area contributed by atoms with Gasteiger partial charge in [0, 0.05) is 17.8 Å². The smallest absolute Gasteiger partial charge is 0.343 e. The number of nitrogens with zero attached hydrogens (tertiary/aromatic N) is 1. The Bertz CT molecular complexity index is 493. The van der Waals surface area contributed by atoms with Crippen molar-refractivity contribution in [3.8, 4) is 5.88 Å². The standard InChI is InChI=1S/C15H21NO5/c1-14(2)15(3,4)21-13(20-14)10-6-7-11(16-8-10)19-9-12(17)18-5/h6-8,13H,9H2,1-5H3.